The summed E-state index contributed by atoms with van der Waals surface area (Å²) in [5.74, 6) is -0.402. The van der Waals surface area contributed by atoms with Crippen molar-refractivity contribution in [1.82, 2.24) is 5.01 Å². The van der Waals surface area contributed by atoms with Crippen LogP contribution in [0.1, 0.15) is 30.0 Å². The smallest absolute Gasteiger partial charge is 0.262 e. The lowest BCUT2D eigenvalue weighted by Gasteiger charge is -2.23. The fourth-order valence-electron chi connectivity index (χ4n) is 4.11. The van der Waals surface area contributed by atoms with Crippen molar-refractivity contribution in [3.05, 3.63) is 94.8 Å². The van der Waals surface area contributed by atoms with Gasteiger partial charge in [-0.1, -0.05) is 47.6 Å². The maximum Gasteiger partial charge on any atom is 0.262 e. The number of nitrogens with one attached hydrogen (secondary N) is 1. The first kappa shape index (κ1) is 25.0. The van der Waals surface area contributed by atoms with Crippen LogP contribution in [-0.2, 0) is 9.59 Å². The van der Waals surface area contributed by atoms with Gasteiger partial charge in [0.2, 0.25) is 5.91 Å². The van der Waals surface area contributed by atoms with Crippen molar-refractivity contribution in [2.24, 2.45) is 10.1 Å². The van der Waals surface area contributed by atoms with E-state index in [9.17, 15) is 14.0 Å². The maximum absolute atomic E-state index is 13.1. The van der Waals surface area contributed by atoms with Gasteiger partial charge in [0.15, 0.2) is 5.17 Å². The minimum absolute atomic E-state index is 0.0668. The molecular weight excluding hydrogens is 515 g/mol. The minimum atomic E-state index is -0.679. The molecule has 0 aromatic heterocycles. The average Bonchev–Trinajstić information content (AvgIpc) is 3.50. The molecule has 37 heavy (non-hydrogen) atoms. The summed E-state index contributed by atoms with van der Waals surface area (Å²) in [6.07, 6.45) is 0.528. The lowest BCUT2D eigenvalue weighted by Crippen LogP contribution is -2.25. The van der Waals surface area contributed by atoms with Gasteiger partial charge in [0.1, 0.15) is 16.8 Å². The zero-order valence-corrected chi connectivity index (χ0v) is 21.3. The van der Waals surface area contributed by atoms with Crippen molar-refractivity contribution in [2.75, 3.05) is 12.4 Å². The van der Waals surface area contributed by atoms with Crippen molar-refractivity contribution in [2.45, 2.75) is 24.1 Å². The molecule has 0 fully saturated rings. The quantitative estimate of drug-likeness (QED) is 0.439. The molecule has 5 rings (SSSR count). The number of aliphatic imine (C=N–C) groups is 1. The zero-order valence-electron chi connectivity index (χ0n) is 19.7. The average molecular weight is 537 g/mol. The Hall–Kier alpha value is -3.69. The second kappa shape index (κ2) is 10.7. The van der Waals surface area contributed by atoms with Crippen LogP contribution < -0.4 is 10.1 Å². The van der Waals surface area contributed by atoms with Gasteiger partial charge >= 0.3 is 0 Å². The molecule has 0 aliphatic carbocycles. The minimum Gasteiger partial charge on any atom is -0.497 e. The predicted octanol–water partition coefficient (Wildman–Crippen LogP) is 5.67. The molecule has 3 aromatic carbocycles. The first-order valence-corrected chi connectivity index (χ1v) is 12.8. The third kappa shape index (κ3) is 5.68. The topological polar surface area (TPSA) is 83.4 Å². The van der Waals surface area contributed by atoms with Crippen LogP contribution in [0.15, 0.2) is 82.9 Å². The number of rotatable bonds is 6. The van der Waals surface area contributed by atoms with Crippen molar-refractivity contribution >= 4 is 51.7 Å². The highest BCUT2D eigenvalue weighted by atomic mass is 35.5. The number of carbonyl (C=O) groups is 2. The summed E-state index contributed by atoms with van der Waals surface area (Å²) in [4.78, 5) is 29.6. The molecule has 10 heteroatoms. The van der Waals surface area contributed by atoms with E-state index in [0.717, 1.165) is 22.6 Å². The SMILES string of the molecule is COc1ccc([C@@H]2CC(c3ccc(Cl)cc3)=NN2C2=NC(=O)[C@H](CC(=O)Nc3ccc(F)cc3)S2)cc1. The third-order valence-corrected chi connectivity index (χ3v) is 7.41. The number of amides is 2. The predicted molar refractivity (Wildman–Crippen MR) is 144 cm³/mol. The Morgan fingerprint density at radius 3 is 2.49 bits per heavy atom. The second-order valence-corrected chi connectivity index (χ2v) is 10.1. The molecule has 2 heterocycles. The summed E-state index contributed by atoms with van der Waals surface area (Å²) in [5.41, 5.74) is 3.21. The van der Waals surface area contributed by atoms with E-state index in [1.807, 2.05) is 48.5 Å². The van der Waals surface area contributed by atoms with Gasteiger partial charge in [0.05, 0.1) is 18.9 Å². The highest BCUT2D eigenvalue weighted by molar-refractivity contribution is 8.15. The molecule has 2 atom stereocenters. The van der Waals surface area contributed by atoms with Gasteiger partial charge in [0, 0.05) is 23.6 Å². The lowest BCUT2D eigenvalue weighted by molar-refractivity contribution is -0.121. The zero-order chi connectivity index (χ0) is 25.9. The molecule has 0 radical (unpaired) electrons. The summed E-state index contributed by atoms with van der Waals surface area (Å²) >= 11 is 7.28. The van der Waals surface area contributed by atoms with Crippen LogP contribution in [0.5, 0.6) is 5.75 Å². The normalized spacial score (nSPS) is 19.0. The summed E-state index contributed by atoms with van der Waals surface area (Å²) < 4.78 is 18.4. The van der Waals surface area contributed by atoms with Crippen molar-refractivity contribution in [1.29, 1.82) is 0 Å². The van der Waals surface area contributed by atoms with Gasteiger partial charge in [-0.15, -0.1) is 0 Å². The molecule has 3 aromatic rings. The Morgan fingerprint density at radius 2 is 1.81 bits per heavy atom. The number of hydrazone groups is 1. The number of thioether (sulfide) groups is 1. The largest absolute Gasteiger partial charge is 0.497 e. The number of halogens is 2. The number of amidine groups is 1. The van der Waals surface area contributed by atoms with Crippen LogP contribution in [0.25, 0.3) is 0 Å². The first-order valence-electron chi connectivity index (χ1n) is 11.5. The van der Waals surface area contributed by atoms with Gasteiger partial charge in [-0.2, -0.15) is 10.1 Å². The fourth-order valence-corrected chi connectivity index (χ4v) is 5.29. The number of benzene rings is 3. The van der Waals surface area contributed by atoms with Crippen molar-refractivity contribution in [3.8, 4) is 5.75 Å². The van der Waals surface area contributed by atoms with E-state index in [4.69, 9.17) is 21.4 Å². The number of anilines is 1. The Bertz CT molecular complexity index is 1380. The van der Waals surface area contributed by atoms with Gasteiger partial charge in [-0.3, -0.25) is 9.59 Å². The summed E-state index contributed by atoms with van der Waals surface area (Å²) in [5, 5.41) is 9.67. The highest BCUT2D eigenvalue weighted by Crippen LogP contribution is 2.39. The van der Waals surface area contributed by atoms with Crippen LogP contribution in [0.3, 0.4) is 0 Å². The maximum atomic E-state index is 13.1. The molecule has 0 saturated heterocycles. The van der Waals surface area contributed by atoms with E-state index in [1.165, 1.54) is 36.0 Å². The van der Waals surface area contributed by atoms with E-state index in [1.54, 1.807) is 12.1 Å². The van der Waals surface area contributed by atoms with Crippen molar-refractivity contribution < 1.29 is 18.7 Å². The number of methoxy groups -OCH3 is 1. The van der Waals surface area contributed by atoms with Crippen LogP contribution in [0, 0.1) is 5.82 Å². The molecule has 0 spiro atoms. The Morgan fingerprint density at radius 1 is 1.11 bits per heavy atom. The molecule has 2 aliphatic heterocycles. The molecule has 0 unspecified atom stereocenters. The number of nitrogens with zero attached hydrogens (tertiary/aromatic N) is 3. The fraction of sp³-hybridized carbons (Fsp3) is 0.185. The molecular formula is C27H22ClFN4O3S. The number of hydrogen-bond acceptors (Lipinski definition) is 6. The molecule has 2 amide bonds. The summed E-state index contributed by atoms with van der Waals surface area (Å²) in [7, 11) is 1.61. The second-order valence-electron chi connectivity index (χ2n) is 8.49. The monoisotopic (exact) mass is 536 g/mol. The van der Waals surface area contributed by atoms with Crippen LogP contribution in [0.4, 0.5) is 10.1 Å². The van der Waals surface area contributed by atoms with Crippen LogP contribution in [0.2, 0.25) is 5.02 Å². The Kier molecular flexibility index (Phi) is 7.25. The molecule has 0 saturated carbocycles. The van der Waals surface area contributed by atoms with E-state index in [0.29, 0.717) is 22.3 Å². The van der Waals surface area contributed by atoms with E-state index in [2.05, 4.69) is 10.3 Å². The number of ether oxygens (including phenoxy) is 1. The molecule has 188 valence electrons. The number of carbonyl (C=O) groups excluding carboxylic acids is 2. The van der Waals surface area contributed by atoms with Crippen LogP contribution >= 0.6 is 23.4 Å². The Balaban J connectivity index is 1.35. The molecule has 0 bridgehead atoms. The van der Waals surface area contributed by atoms with Gasteiger partial charge in [0.25, 0.3) is 5.91 Å². The molecule has 2 aliphatic rings. The van der Waals surface area contributed by atoms with Crippen molar-refractivity contribution in [3.63, 3.8) is 0 Å². The Labute approximate surface area is 222 Å². The number of hydrogen-bond donors (Lipinski definition) is 1. The van der Waals surface area contributed by atoms with E-state index >= 15 is 0 Å². The third-order valence-electron chi connectivity index (χ3n) is 6.01. The summed E-state index contributed by atoms with van der Waals surface area (Å²) in [6, 6.07) is 20.4. The van der Waals surface area contributed by atoms with E-state index in [-0.39, 0.29) is 18.4 Å². The van der Waals surface area contributed by atoms with Gasteiger partial charge in [-0.25, -0.2) is 9.40 Å². The van der Waals surface area contributed by atoms with Gasteiger partial charge in [-0.05, 0) is 59.7 Å². The molecule has 1 N–H and O–H groups in total. The van der Waals surface area contributed by atoms with E-state index < -0.39 is 17.0 Å². The summed E-state index contributed by atoms with van der Waals surface area (Å²) in [6.45, 7) is 0. The molecule has 7 nitrogen and oxygen atoms in total. The standard InChI is InChI=1S/C27H22ClFN4O3S/c1-36-21-12-4-17(5-13-21)23-14-22(16-2-6-18(28)7-3-16)32-33(23)27-31-26(35)24(37-27)15-25(34)30-20-10-8-19(29)9-11-20/h2-13,23-24H,14-15H2,1H3,(H,30,34)/t23-,24-/m0/s1. The van der Waals surface area contributed by atoms with Crippen LogP contribution in [-0.4, -0.2) is 40.1 Å². The van der Waals surface area contributed by atoms with Gasteiger partial charge < -0.3 is 10.1 Å². The highest BCUT2D eigenvalue weighted by Gasteiger charge is 2.39. The first-order chi connectivity index (χ1) is 17.9. The lowest BCUT2D eigenvalue weighted by atomic mass is 9.98.